The van der Waals surface area contributed by atoms with Gasteiger partial charge in [0.15, 0.2) is 0 Å². The Bertz CT molecular complexity index is 1600. The molecule has 0 aliphatic carbocycles. The van der Waals surface area contributed by atoms with Gasteiger partial charge < -0.3 is 9.64 Å². The highest BCUT2D eigenvalue weighted by Gasteiger charge is 2.21. The van der Waals surface area contributed by atoms with Crippen molar-refractivity contribution in [3.8, 4) is 16.8 Å². The Balaban J connectivity index is 1.64. The highest BCUT2D eigenvalue weighted by molar-refractivity contribution is 7.82. The molecule has 1 atom stereocenters. The van der Waals surface area contributed by atoms with E-state index in [4.69, 9.17) is 21.3 Å². The van der Waals surface area contributed by atoms with Crippen LogP contribution in [0, 0.1) is 6.92 Å². The third kappa shape index (κ3) is 3.82. The number of para-hydroxylation sites is 1. The summed E-state index contributed by atoms with van der Waals surface area (Å²) in [5, 5.41) is 1.59. The van der Waals surface area contributed by atoms with Gasteiger partial charge in [-0.2, -0.15) is 0 Å². The molecule has 1 fully saturated rings. The zero-order chi connectivity index (χ0) is 24.1. The first kappa shape index (κ1) is 22.3. The van der Waals surface area contributed by atoms with E-state index in [1.165, 1.54) is 0 Å². The lowest BCUT2D eigenvalue weighted by Gasteiger charge is -2.29. The summed E-state index contributed by atoms with van der Waals surface area (Å²) in [6.45, 7) is 5.06. The van der Waals surface area contributed by atoms with Crippen LogP contribution in [0.5, 0.6) is 0 Å². The van der Waals surface area contributed by atoms with Crippen LogP contribution in [0.4, 0.5) is 5.69 Å². The van der Waals surface area contributed by atoms with Crippen LogP contribution in [0.15, 0.2) is 61.1 Å². The lowest BCUT2D eigenvalue weighted by Crippen LogP contribution is -2.36. The minimum Gasteiger partial charge on any atom is -0.378 e. The molecule has 0 N–H and O–H groups in total. The topological polar surface area (TPSA) is 65.2 Å². The largest absolute Gasteiger partial charge is 0.378 e. The molecule has 0 amide bonds. The van der Waals surface area contributed by atoms with Crippen LogP contribution in [0.1, 0.15) is 5.82 Å². The predicted molar refractivity (Wildman–Crippen MR) is 142 cm³/mol. The monoisotopic (exact) mass is 505 g/mol. The summed E-state index contributed by atoms with van der Waals surface area (Å²) < 4.78 is 21.6. The minimum atomic E-state index is -1.13. The second kappa shape index (κ2) is 8.78. The molecule has 6 rings (SSSR count). The van der Waals surface area contributed by atoms with Gasteiger partial charge in [-0.15, -0.1) is 0 Å². The Hall–Kier alpha value is -3.20. The molecular formula is C26H24ClN5O2S. The quantitative estimate of drug-likeness (QED) is 0.344. The van der Waals surface area contributed by atoms with Gasteiger partial charge in [0, 0.05) is 60.1 Å². The van der Waals surface area contributed by atoms with Crippen molar-refractivity contribution in [3.63, 3.8) is 0 Å². The second-order valence-electron chi connectivity index (χ2n) is 8.60. The van der Waals surface area contributed by atoms with Gasteiger partial charge in [0.05, 0.1) is 40.5 Å². The summed E-state index contributed by atoms with van der Waals surface area (Å²) in [5.41, 5.74) is 6.73. The van der Waals surface area contributed by atoms with Gasteiger partial charge in [0.25, 0.3) is 0 Å². The molecule has 1 saturated heterocycles. The Morgan fingerprint density at radius 2 is 1.91 bits per heavy atom. The molecule has 9 heteroatoms. The third-order valence-corrected chi connectivity index (χ3v) is 7.63. The van der Waals surface area contributed by atoms with E-state index in [1.807, 2.05) is 49.6 Å². The maximum Gasteiger partial charge on any atom is 0.120 e. The Morgan fingerprint density at radius 3 is 2.69 bits per heavy atom. The Morgan fingerprint density at radius 1 is 1.09 bits per heavy atom. The van der Waals surface area contributed by atoms with E-state index in [0.717, 1.165) is 63.4 Å². The maximum absolute atomic E-state index is 12.1. The van der Waals surface area contributed by atoms with Gasteiger partial charge >= 0.3 is 0 Å². The number of aromatic nitrogens is 4. The van der Waals surface area contributed by atoms with Crippen molar-refractivity contribution in [2.75, 3.05) is 37.5 Å². The van der Waals surface area contributed by atoms with Crippen LogP contribution < -0.4 is 4.90 Å². The number of halogens is 1. The number of fused-ring (bicyclic) bond motifs is 2. The van der Waals surface area contributed by atoms with Crippen molar-refractivity contribution in [1.29, 1.82) is 0 Å². The highest BCUT2D eigenvalue weighted by Crippen LogP contribution is 2.37. The van der Waals surface area contributed by atoms with Crippen molar-refractivity contribution in [1.82, 2.24) is 18.5 Å². The van der Waals surface area contributed by atoms with E-state index in [0.29, 0.717) is 18.2 Å². The predicted octanol–water partition coefficient (Wildman–Crippen LogP) is 4.98. The molecule has 0 saturated carbocycles. The SMILES string of the molecule is Cc1nc2c(-c3ccn(S(C)=O)c3)cc(N3CCOCC3)cc2n1-c1ccnc2c(Cl)cccc12. The van der Waals surface area contributed by atoms with E-state index < -0.39 is 11.0 Å². The van der Waals surface area contributed by atoms with E-state index in [9.17, 15) is 4.21 Å². The molecule has 7 nitrogen and oxygen atoms in total. The molecule has 1 aliphatic heterocycles. The number of ether oxygens (including phenoxy) is 1. The lowest BCUT2D eigenvalue weighted by atomic mass is 10.0. The zero-order valence-corrected chi connectivity index (χ0v) is 21.0. The second-order valence-corrected chi connectivity index (χ2v) is 10.3. The normalized spacial score (nSPS) is 15.2. The van der Waals surface area contributed by atoms with Crippen molar-refractivity contribution >= 4 is 50.2 Å². The summed E-state index contributed by atoms with van der Waals surface area (Å²) in [5.74, 6) is 0.867. The summed E-state index contributed by atoms with van der Waals surface area (Å²) in [6, 6.07) is 14.2. The Kier molecular flexibility index (Phi) is 5.59. The van der Waals surface area contributed by atoms with E-state index in [2.05, 4.69) is 26.6 Å². The first-order valence-electron chi connectivity index (χ1n) is 11.4. The standard InChI is InChI=1S/C26H24ClN5O2S/c1-17-29-26-21(18-7-9-31(16-18)35(2)33)14-19(30-10-12-34-13-11-30)15-24(26)32(17)23-6-8-28-25-20(23)4-3-5-22(25)27/h3-9,14-16H,10-13H2,1-2H3. The van der Waals surface area contributed by atoms with Crippen LogP contribution in [0.25, 0.3) is 38.8 Å². The molecule has 0 bridgehead atoms. The summed E-state index contributed by atoms with van der Waals surface area (Å²) in [7, 11) is -1.13. The van der Waals surface area contributed by atoms with Crippen LogP contribution in [0.2, 0.25) is 5.02 Å². The number of imidazole rings is 1. The fourth-order valence-corrected chi connectivity index (χ4v) is 5.54. The summed E-state index contributed by atoms with van der Waals surface area (Å²) >= 11 is 6.48. The number of nitrogens with zero attached hydrogens (tertiary/aromatic N) is 5. The van der Waals surface area contributed by atoms with Crippen molar-refractivity contribution < 1.29 is 8.95 Å². The summed E-state index contributed by atoms with van der Waals surface area (Å²) in [4.78, 5) is 11.9. The van der Waals surface area contributed by atoms with Gasteiger partial charge in [-0.05, 0) is 37.3 Å². The fourth-order valence-electron chi connectivity index (χ4n) is 4.82. The average Bonchev–Trinajstić information content (AvgIpc) is 3.49. The van der Waals surface area contributed by atoms with Crippen LogP contribution >= 0.6 is 11.6 Å². The number of rotatable bonds is 4. The average molecular weight is 506 g/mol. The smallest absolute Gasteiger partial charge is 0.120 e. The van der Waals surface area contributed by atoms with Gasteiger partial charge in [0.2, 0.25) is 0 Å². The molecule has 3 aromatic heterocycles. The molecule has 5 aromatic rings. The first-order valence-corrected chi connectivity index (χ1v) is 13.3. The van der Waals surface area contributed by atoms with Crippen LogP contribution in [0.3, 0.4) is 0 Å². The molecule has 1 unspecified atom stereocenters. The molecule has 4 heterocycles. The summed E-state index contributed by atoms with van der Waals surface area (Å²) in [6.07, 6.45) is 7.23. The van der Waals surface area contributed by atoms with E-state index in [-0.39, 0.29) is 0 Å². The number of pyridine rings is 1. The molecule has 0 radical (unpaired) electrons. The fraction of sp³-hybridized carbons (Fsp3) is 0.231. The third-order valence-electron chi connectivity index (χ3n) is 6.50. The van der Waals surface area contributed by atoms with Crippen molar-refractivity contribution in [2.24, 2.45) is 0 Å². The number of hydrogen-bond acceptors (Lipinski definition) is 5. The molecule has 1 aliphatic rings. The number of anilines is 1. The number of hydrogen-bond donors (Lipinski definition) is 0. The highest BCUT2D eigenvalue weighted by atomic mass is 35.5. The van der Waals surface area contributed by atoms with Crippen molar-refractivity contribution in [2.45, 2.75) is 6.92 Å². The molecule has 178 valence electrons. The molecular weight excluding hydrogens is 482 g/mol. The number of benzene rings is 2. The zero-order valence-electron chi connectivity index (χ0n) is 19.4. The van der Waals surface area contributed by atoms with Gasteiger partial charge in [-0.1, -0.05) is 23.7 Å². The van der Waals surface area contributed by atoms with Gasteiger partial charge in [0.1, 0.15) is 16.8 Å². The lowest BCUT2D eigenvalue weighted by molar-refractivity contribution is 0.122. The van der Waals surface area contributed by atoms with Crippen LogP contribution in [-0.4, -0.2) is 55.3 Å². The maximum atomic E-state index is 12.1. The minimum absolute atomic E-state index is 0.620. The Labute approximate surface area is 210 Å². The number of aryl methyl sites for hydroxylation is 1. The molecule has 0 spiro atoms. The van der Waals surface area contributed by atoms with E-state index in [1.54, 1.807) is 16.4 Å². The van der Waals surface area contributed by atoms with Gasteiger partial charge in [-0.3, -0.25) is 13.5 Å². The molecule has 2 aromatic carbocycles. The first-order chi connectivity index (χ1) is 17.0. The van der Waals surface area contributed by atoms with Crippen LogP contribution in [-0.2, 0) is 15.7 Å². The van der Waals surface area contributed by atoms with Gasteiger partial charge in [-0.25, -0.2) is 9.19 Å². The van der Waals surface area contributed by atoms with Crippen molar-refractivity contribution in [3.05, 3.63) is 71.9 Å². The number of morpholine rings is 1. The van der Waals surface area contributed by atoms with E-state index >= 15 is 0 Å². The molecule has 35 heavy (non-hydrogen) atoms.